The van der Waals surface area contributed by atoms with Crippen molar-refractivity contribution >= 4 is 17.4 Å². The molecule has 1 unspecified atom stereocenters. The Morgan fingerprint density at radius 3 is 2.26 bits per heavy atom. The molecule has 34 heavy (non-hydrogen) atoms. The average Bonchev–Trinajstić information content (AvgIpc) is 3.41. The number of likely N-dealkylation sites (tertiary alicyclic amines) is 1. The molecule has 1 atom stereocenters. The maximum absolute atomic E-state index is 13.3. The van der Waals surface area contributed by atoms with Crippen LogP contribution in [-0.4, -0.2) is 41.0 Å². The first-order valence-electron chi connectivity index (χ1n) is 11.9. The molecule has 1 heterocycles. The van der Waals surface area contributed by atoms with Crippen LogP contribution in [0.2, 0.25) is 0 Å². The summed E-state index contributed by atoms with van der Waals surface area (Å²) in [6.07, 6.45) is 3.81. The Morgan fingerprint density at radius 2 is 1.68 bits per heavy atom. The van der Waals surface area contributed by atoms with Crippen molar-refractivity contribution in [1.29, 1.82) is 0 Å². The van der Waals surface area contributed by atoms with Crippen molar-refractivity contribution in [2.75, 3.05) is 7.11 Å². The second-order valence-electron chi connectivity index (χ2n) is 9.52. The number of ketones is 1. The molecule has 1 aliphatic heterocycles. The number of hydrogen-bond donors (Lipinski definition) is 1. The number of carbonyl (C=O) groups excluding carboxylic acids is 2. The van der Waals surface area contributed by atoms with Gasteiger partial charge in [-0.15, -0.1) is 0 Å². The van der Waals surface area contributed by atoms with Gasteiger partial charge in [-0.1, -0.05) is 25.0 Å². The lowest BCUT2D eigenvalue weighted by Crippen LogP contribution is -2.37. The summed E-state index contributed by atoms with van der Waals surface area (Å²) in [6.45, 7) is 7.67. The van der Waals surface area contributed by atoms with Gasteiger partial charge in [-0.3, -0.25) is 9.59 Å². The van der Waals surface area contributed by atoms with E-state index in [-0.39, 0.29) is 23.5 Å². The van der Waals surface area contributed by atoms with Crippen LogP contribution in [0.25, 0.3) is 5.76 Å². The molecule has 2 aromatic rings. The second-order valence-corrected chi connectivity index (χ2v) is 9.52. The first kappa shape index (κ1) is 23.9. The van der Waals surface area contributed by atoms with Gasteiger partial charge >= 0.3 is 0 Å². The minimum absolute atomic E-state index is 0.0166. The molecule has 1 aliphatic carbocycles. The van der Waals surface area contributed by atoms with Gasteiger partial charge in [0.25, 0.3) is 11.7 Å². The van der Waals surface area contributed by atoms with E-state index in [0.717, 1.165) is 48.1 Å². The van der Waals surface area contributed by atoms with Gasteiger partial charge in [-0.25, -0.2) is 0 Å². The Labute approximate surface area is 201 Å². The number of nitrogens with zero attached hydrogens (tertiary/aromatic N) is 1. The standard InChI is InChI=1S/C28H33NO5/c1-16(2)34-21-12-10-19(11-13-21)25-24(27(31)28(32)29(25)20-8-6-7-9-20)26(30)22-14-18(4)23(33-5)15-17(22)3/h10-16,20,25,30H,6-9H2,1-5H3/b26-24+. The Kier molecular flexibility index (Phi) is 6.69. The van der Waals surface area contributed by atoms with Gasteiger partial charge < -0.3 is 19.5 Å². The summed E-state index contributed by atoms with van der Waals surface area (Å²) in [7, 11) is 1.60. The Morgan fingerprint density at radius 1 is 1.03 bits per heavy atom. The smallest absolute Gasteiger partial charge is 0.295 e. The fraction of sp³-hybridized carbons (Fsp3) is 0.429. The van der Waals surface area contributed by atoms with Gasteiger partial charge in [0.2, 0.25) is 0 Å². The maximum atomic E-state index is 13.3. The lowest BCUT2D eigenvalue weighted by atomic mass is 9.92. The third-order valence-electron chi connectivity index (χ3n) is 6.76. The highest BCUT2D eigenvalue weighted by atomic mass is 16.5. The fourth-order valence-electron chi connectivity index (χ4n) is 5.15. The zero-order valence-corrected chi connectivity index (χ0v) is 20.6. The highest BCUT2D eigenvalue weighted by Crippen LogP contribution is 2.44. The molecule has 0 spiro atoms. The van der Waals surface area contributed by atoms with Crippen molar-refractivity contribution in [2.45, 2.75) is 71.6 Å². The predicted octanol–water partition coefficient (Wildman–Crippen LogP) is 5.46. The summed E-state index contributed by atoms with van der Waals surface area (Å²) in [5.41, 5.74) is 3.07. The molecule has 180 valence electrons. The largest absolute Gasteiger partial charge is 0.507 e. The van der Waals surface area contributed by atoms with Crippen LogP contribution in [0.4, 0.5) is 0 Å². The molecule has 2 fully saturated rings. The van der Waals surface area contributed by atoms with Crippen molar-refractivity contribution in [3.8, 4) is 11.5 Å². The number of amides is 1. The maximum Gasteiger partial charge on any atom is 0.295 e. The van der Waals surface area contributed by atoms with E-state index >= 15 is 0 Å². The molecule has 1 saturated carbocycles. The summed E-state index contributed by atoms with van der Waals surface area (Å²) in [5, 5.41) is 11.5. The Hall–Kier alpha value is -3.28. The van der Waals surface area contributed by atoms with E-state index in [4.69, 9.17) is 9.47 Å². The SMILES string of the molecule is COc1cc(C)c(/C(O)=C2\C(=O)C(=O)N(C3CCCC3)C2c2ccc(OC(C)C)cc2)cc1C. The lowest BCUT2D eigenvalue weighted by molar-refractivity contribution is -0.141. The van der Waals surface area contributed by atoms with Gasteiger partial charge in [0.15, 0.2) is 0 Å². The van der Waals surface area contributed by atoms with Gasteiger partial charge in [0, 0.05) is 11.6 Å². The molecule has 1 saturated heterocycles. The van der Waals surface area contributed by atoms with Crippen LogP contribution in [0.1, 0.15) is 67.8 Å². The molecule has 6 nitrogen and oxygen atoms in total. The molecule has 2 aliphatic rings. The van der Waals surface area contributed by atoms with E-state index in [1.165, 1.54) is 0 Å². The molecule has 1 N–H and O–H groups in total. The first-order valence-corrected chi connectivity index (χ1v) is 11.9. The summed E-state index contributed by atoms with van der Waals surface area (Å²) < 4.78 is 11.2. The summed E-state index contributed by atoms with van der Waals surface area (Å²) in [4.78, 5) is 28.3. The molecular formula is C28H33NO5. The molecule has 0 bridgehead atoms. The molecule has 4 rings (SSSR count). The molecular weight excluding hydrogens is 430 g/mol. The predicted molar refractivity (Wildman–Crippen MR) is 131 cm³/mol. The number of aliphatic hydroxyl groups is 1. The second kappa shape index (κ2) is 9.53. The minimum atomic E-state index is -0.641. The van der Waals surface area contributed by atoms with Crippen molar-refractivity contribution in [3.63, 3.8) is 0 Å². The zero-order chi connectivity index (χ0) is 24.6. The Bertz CT molecular complexity index is 1130. The van der Waals surface area contributed by atoms with Gasteiger partial charge in [-0.05, 0) is 81.5 Å². The van der Waals surface area contributed by atoms with Crippen LogP contribution < -0.4 is 9.47 Å². The number of Topliss-reactive ketones (excluding diaryl/α,β-unsaturated/α-hetero) is 1. The third-order valence-corrected chi connectivity index (χ3v) is 6.76. The van der Waals surface area contributed by atoms with Crippen molar-refractivity contribution in [2.24, 2.45) is 0 Å². The lowest BCUT2D eigenvalue weighted by Gasteiger charge is -2.31. The highest BCUT2D eigenvalue weighted by molar-refractivity contribution is 6.46. The van der Waals surface area contributed by atoms with Crippen LogP contribution in [0, 0.1) is 13.8 Å². The van der Waals surface area contributed by atoms with Crippen LogP contribution in [0.5, 0.6) is 11.5 Å². The van der Waals surface area contributed by atoms with E-state index in [9.17, 15) is 14.7 Å². The summed E-state index contributed by atoms with van der Waals surface area (Å²) >= 11 is 0. The van der Waals surface area contributed by atoms with E-state index < -0.39 is 17.7 Å². The van der Waals surface area contributed by atoms with Crippen molar-refractivity contribution in [1.82, 2.24) is 4.90 Å². The molecule has 6 heteroatoms. The Balaban J connectivity index is 1.86. The third kappa shape index (κ3) is 4.29. The van der Waals surface area contributed by atoms with Gasteiger partial charge in [0.05, 0.1) is 24.8 Å². The van der Waals surface area contributed by atoms with E-state index in [0.29, 0.717) is 11.3 Å². The summed E-state index contributed by atoms with van der Waals surface area (Å²) in [6, 6.07) is 10.5. The van der Waals surface area contributed by atoms with Gasteiger partial charge in [-0.2, -0.15) is 0 Å². The fourth-order valence-corrected chi connectivity index (χ4v) is 5.15. The molecule has 2 aromatic carbocycles. The van der Waals surface area contributed by atoms with E-state index in [1.54, 1.807) is 12.0 Å². The summed E-state index contributed by atoms with van der Waals surface area (Å²) in [5.74, 6) is 0.110. The number of benzene rings is 2. The minimum Gasteiger partial charge on any atom is -0.507 e. The molecule has 1 amide bonds. The normalized spacial score (nSPS) is 20.4. The van der Waals surface area contributed by atoms with Crippen LogP contribution in [0.15, 0.2) is 42.0 Å². The number of ether oxygens (including phenoxy) is 2. The number of hydrogen-bond acceptors (Lipinski definition) is 5. The first-order chi connectivity index (χ1) is 16.2. The number of methoxy groups -OCH3 is 1. The van der Waals surface area contributed by atoms with Gasteiger partial charge in [0.1, 0.15) is 17.3 Å². The topological polar surface area (TPSA) is 76.1 Å². The van der Waals surface area contributed by atoms with E-state index in [2.05, 4.69) is 0 Å². The molecule has 0 aromatic heterocycles. The monoisotopic (exact) mass is 463 g/mol. The van der Waals surface area contributed by atoms with E-state index in [1.807, 2.05) is 64.1 Å². The van der Waals surface area contributed by atoms with Crippen LogP contribution >= 0.6 is 0 Å². The van der Waals surface area contributed by atoms with Crippen LogP contribution in [0.3, 0.4) is 0 Å². The molecule has 0 radical (unpaired) electrons. The number of aryl methyl sites for hydroxylation is 2. The highest BCUT2D eigenvalue weighted by Gasteiger charge is 2.49. The van der Waals surface area contributed by atoms with Crippen molar-refractivity contribution in [3.05, 3.63) is 64.2 Å². The van der Waals surface area contributed by atoms with Crippen LogP contribution in [-0.2, 0) is 9.59 Å². The number of rotatable bonds is 6. The quantitative estimate of drug-likeness (QED) is 0.350. The number of carbonyl (C=O) groups is 2. The van der Waals surface area contributed by atoms with Crippen molar-refractivity contribution < 1.29 is 24.2 Å². The average molecular weight is 464 g/mol. The zero-order valence-electron chi connectivity index (χ0n) is 20.6. The number of aliphatic hydroxyl groups excluding tert-OH is 1.